The summed E-state index contributed by atoms with van der Waals surface area (Å²) in [5, 5.41) is 0.652. The molecule has 0 bridgehead atoms. The zero-order valence-corrected chi connectivity index (χ0v) is 6.00. The summed E-state index contributed by atoms with van der Waals surface area (Å²) in [7, 11) is 0. The van der Waals surface area contributed by atoms with Crippen LogP contribution in [-0.2, 0) is 6.42 Å². The second kappa shape index (κ2) is 2.38. The number of allylic oxidation sites excluding steroid dienone is 1. The molecule has 0 saturated heterocycles. The zero-order valence-electron chi connectivity index (χ0n) is 6.00. The lowest BCUT2D eigenvalue weighted by Crippen LogP contribution is -2.08. The predicted molar refractivity (Wildman–Crippen MR) is 42.9 cm³/mol. The minimum Gasteiger partial charge on any atom is -0.187 e. The Morgan fingerprint density at radius 3 is 2.91 bits per heavy atom. The number of rotatable bonds is 0. The van der Waals surface area contributed by atoms with Gasteiger partial charge in [-0.3, -0.25) is 0 Å². The van der Waals surface area contributed by atoms with Crippen molar-refractivity contribution >= 4 is 5.69 Å². The Morgan fingerprint density at radius 1 is 1.27 bits per heavy atom. The van der Waals surface area contributed by atoms with Gasteiger partial charge in [0.2, 0.25) is 0 Å². The van der Waals surface area contributed by atoms with Gasteiger partial charge in [0.25, 0.3) is 0 Å². The quantitative estimate of drug-likeness (QED) is 0.512. The Morgan fingerprint density at radius 2 is 2.09 bits per heavy atom. The van der Waals surface area contributed by atoms with E-state index in [4.69, 9.17) is 0 Å². The highest BCUT2D eigenvalue weighted by molar-refractivity contribution is 5.56. The van der Waals surface area contributed by atoms with Crippen molar-refractivity contribution < 1.29 is 4.48 Å². The minimum atomic E-state index is 0.652. The lowest BCUT2D eigenvalue weighted by Gasteiger charge is -2.16. The van der Waals surface area contributed by atoms with Gasteiger partial charge in [-0.15, -0.1) is 0 Å². The molecule has 0 aliphatic carbocycles. The van der Waals surface area contributed by atoms with E-state index in [2.05, 4.69) is 0 Å². The van der Waals surface area contributed by atoms with Gasteiger partial charge in [-0.05, 0) is 18.1 Å². The predicted octanol–water partition coefficient (Wildman–Crippen LogP) is 2.45. The van der Waals surface area contributed by atoms with E-state index in [0.29, 0.717) is 10.8 Å². The Labute approximate surface area is 64.7 Å². The van der Waals surface area contributed by atoms with E-state index >= 15 is 0 Å². The average Bonchev–Trinajstić information content (AvgIpc) is 2.06. The van der Waals surface area contributed by atoms with Crippen molar-refractivity contribution in [2.24, 2.45) is 0 Å². The number of para-hydroxylation sites is 1. The molecular formula is C9H8FN. The second-order valence-electron chi connectivity index (χ2n) is 2.53. The van der Waals surface area contributed by atoms with Gasteiger partial charge in [0.05, 0.1) is 5.69 Å². The Hall–Kier alpha value is -1.31. The van der Waals surface area contributed by atoms with Gasteiger partial charge in [0.1, 0.15) is 0 Å². The summed E-state index contributed by atoms with van der Waals surface area (Å²) in [6.07, 6.45) is 4.08. The molecule has 0 spiro atoms. The summed E-state index contributed by atoms with van der Waals surface area (Å²) in [4.78, 5) is 0. The molecular weight excluding hydrogens is 141 g/mol. The lowest BCUT2D eigenvalue weighted by molar-refractivity contribution is 0.493. The summed E-state index contributed by atoms with van der Waals surface area (Å²) in [6.45, 7) is 0. The molecule has 0 unspecified atom stereocenters. The SMILES string of the molecule is FN1C=CCc2ccccc21. The van der Waals surface area contributed by atoms with Gasteiger partial charge in [-0.2, -0.15) is 5.12 Å². The van der Waals surface area contributed by atoms with Crippen molar-refractivity contribution in [3.63, 3.8) is 0 Å². The third kappa shape index (κ3) is 1.00. The van der Waals surface area contributed by atoms with Gasteiger partial charge < -0.3 is 0 Å². The van der Waals surface area contributed by atoms with Crippen LogP contribution >= 0.6 is 0 Å². The van der Waals surface area contributed by atoms with Crippen LogP contribution < -0.4 is 5.12 Å². The van der Waals surface area contributed by atoms with Crippen molar-refractivity contribution in [3.05, 3.63) is 42.1 Å². The fourth-order valence-electron chi connectivity index (χ4n) is 1.24. The molecule has 0 fully saturated rings. The molecule has 0 radical (unpaired) electrons. The van der Waals surface area contributed by atoms with Crippen LogP contribution in [0.15, 0.2) is 36.5 Å². The van der Waals surface area contributed by atoms with Gasteiger partial charge >= 0.3 is 0 Å². The molecule has 1 heterocycles. The zero-order chi connectivity index (χ0) is 7.68. The van der Waals surface area contributed by atoms with Crippen LogP contribution in [0.1, 0.15) is 5.56 Å². The van der Waals surface area contributed by atoms with E-state index in [9.17, 15) is 4.48 Å². The number of benzene rings is 1. The van der Waals surface area contributed by atoms with Crippen LogP contribution in [0.3, 0.4) is 0 Å². The minimum absolute atomic E-state index is 0.652. The number of hydrogen-bond donors (Lipinski definition) is 0. The summed E-state index contributed by atoms with van der Waals surface area (Å²) in [5.41, 5.74) is 1.70. The number of nitrogens with zero attached hydrogens (tertiary/aromatic N) is 1. The maximum absolute atomic E-state index is 12.9. The molecule has 1 nitrogen and oxygen atoms in total. The summed E-state index contributed by atoms with van der Waals surface area (Å²) >= 11 is 0. The summed E-state index contributed by atoms with van der Waals surface area (Å²) in [6, 6.07) is 7.47. The Bertz CT molecular complexity index is 293. The van der Waals surface area contributed by atoms with Gasteiger partial charge in [0.15, 0.2) is 0 Å². The Balaban J connectivity index is 2.50. The van der Waals surface area contributed by atoms with Crippen molar-refractivity contribution in [3.8, 4) is 0 Å². The number of fused-ring (bicyclic) bond motifs is 1. The number of hydrogen-bond acceptors (Lipinski definition) is 1. The first-order valence-electron chi connectivity index (χ1n) is 3.57. The fraction of sp³-hybridized carbons (Fsp3) is 0.111. The maximum Gasteiger partial charge on any atom is 0.0774 e. The first-order chi connectivity index (χ1) is 5.38. The molecule has 0 atom stereocenters. The molecule has 1 aromatic carbocycles. The van der Waals surface area contributed by atoms with E-state index in [1.807, 2.05) is 24.3 Å². The molecule has 11 heavy (non-hydrogen) atoms. The molecule has 2 rings (SSSR count). The van der Waals surface area contributed by atoms with E-state index in [-0.39, 0.29) is 0 Å². The molecule has 0 amide bonds. The smallest absolute Gasteiger partial charge is 0.0774 e. The molecule has 1 aliphatic heterocycles. The van der Waals surface area contributed by atoms with E-state index in [1.54, 1.807) is 6.07 Å². The monoisotopic (exact) mass is 149 g/mol. The normalized spacial score (nSPS) is 14.8. The molecule has 0 saturated carbocycles. The molecule has 0 aromatic heterocycles. The maximum atomic E-state index is 12.9. The highest BCUT2D eigenvalue weighted by Crippen LogP contribution is 2.25. The highest BCUT2D eigenvalue weighted by atomic mass is 19.2. The van der Waals surface area contributed by atoms with Crippen molar-refractivity contribution in [2.45, 2.75) is 6.42 Å². The van der Waals surface area contributed by atoms with Crippen LogP contribution in [0.4, 0.5) is 10.2 Å². The van der Waals surface area contributed by atoms with Gasteiger partial charge in [-0.25, -0.2) is 0 Å². The highest BCUT2D eigenvalue weighted by Gasteiger charge is 2.09. The largest absolute Gasteiger partial charge is 0.187 e. The van der Waals surface area contributed by atoms with E-state index < -0.39 is 0 Å². The van der Waals surface area contributed by atoms with Crippen LogP contribution in [0.25, 0.3) is 0 Å². The lowest BCUT2D eigenvalue weighted by atomic mass is 10.1. The first-order valence-corrected chi connectivity index (χ1v) is 3.57. The molecule has 56 valence electrons. The van der Waals surface area contributed by atoms with Crippen molar-refractivity contribution in [2.75, 3.05) is 5.12 Å². The van der Waals surface area contributed by atoms with Crippen LogP contribution in [0, 0.1) is 0 Å². The molecule has 2 heteroatoms. The standard InChI is InChI=1S/C9H8FN/c10-11-7-3-5-8-4-1-2-6-9(8)11/h1-4,6-7H,5H2. The van der Waals surface area contributed by atoms with Crippen LogP contribution in [-0.4, -0.2) is 0 Å². The third-order valence-corrected chi connectivity index (χ3v) is 1.80. The second-order valence-corrected chi connectivity index (χ2v) is 2.53. The van der Waals surface area contributed by atoms with Gasteiger partial charge in [0, 0.05) is 6.20 Å². The van der Waals surface area contributed by atoms with Crippen LogP contribution in [0.5, 0.6) is 0 Å². The van der Waals surface area contributed by atoms with Crippen molar-refractivity contribution in [1.82, 2.24) is 0 Å². The third-order valence-electron chi connectivity index (χ3n) is 1.80. The van der Waals surface area contributed by atoms with Crippen LogP contribution in [0.2, 0.25) is 0 Å². The molecule has 0 N–H and O–H groups in total. The van der Waals surface area contributed by atoms with E-state index in [0.717, 1.165) is 12.0 Å². The average molecular weight is 149 g/mol. The number of halogens is 1. The fourth-order valence-corrected chi connectivity index (χ4v) is 1.24. The Kier molecular flexibility index (Phi) is 1.39. The number of anilines is 1. The summed E-state index contributed by atoms with van der Waals surface area (Å²) in [5.74, 6) is 0. The van der Waals surface area contributed by atoms with Gasteiger partial charge in [-0.1, -0.05) is 28.8 Å². The summed E-state index contributed by atoms with van der Waals surface area (Å²) < 4.78 is 12.9. The molecule has 1 aromatic rings. The van der Waals surface area contributed by atoms with E-state index in [1.165, 1.54) is 6.20 Å². The molecule has 1 aliphatic rings. The topological polar surface area (TPSA) is 3.24 Å². The van der Waals surface area contributed by atoms with Crippen molar-refractivity contribution in [1.29, 1.82) is 0 Å². The first kappa shape index (κ1) is 6.40.